The van der Waals surface area contributed by atoms with Gasteiger partial charge in [0.1, 0.15) is 5.69 Å². The predicted molar refractivity (Wildman–Crippen MR) is 91.6 cm³/mol. The minimum Gasteiger partial charge on any atom is -0.346 e. The van der Waals surface area contributed by atoms with E-state index in [9.17, 15) is 9.59 Å². The Morgan fingerprint density at radius 2 is 1.96 bits per heavy atom. The third-order valence-corrected chi connectivity index (χ3v) is 3.97. The standard InChI is InChI=1S/C18H18N4O2/c1-12-8-9-14(18(24)22(12)2)11-19-17(23)16-10-15(20-21-16)13-6-4-3-5-7-13/h3-10H,11H2,1-2H3,(H,19,23)(H,20,21). The Labute approximate surface area is 139 Å². The van der Waals surface area contributed by atoms with Crippen LogP contribution in [0.1, 0.15) is 21.7 Å². The number of nitrogens with zero attached hydrogens (tertiary/aromatic N) is 2. The normalized spacial score (nSPS) is 10.6. The summed E-state index contributed by atoms with van der Waals surface area (Å²) in [4.78, 5) is 24.4. The monoisotopic (exact) mass is 322 g/mol. The fourth-order valence-corrected chi connectivity index (χ4v) is 2.38. The highest BCUT2D eigenvalue weighted by Crippen LogP contribution is 2.16. The molecule has 3 rings (SSSR count). The van der Waals surface area contributed by atoms with Gasteiger partial charge in [-0.3, -0.25) is 14.7 Å². The Hall–Kier alpha value is -3.15. The molecule has 0 fully saturated rings. The Morgan fingerprint density at radius 1 is 1.21 bits per heavy atom. The van der Waals surface area contributed by atoms with Gasteiger partial charge in [-0.05, 0) is 19.1 Å². The van der Waals surface area contributed by atoms with Gasteiger partial charge in [-0.2, -0.15) is 5.10 Å². The van der Waals surface area contributed by atoms with Gasteiger partial charge in [0.15, 0.2) is 0 Å². The minimum absolute atomic E-state index is 0.107. The number of amides is 1. The van der Waals surface area contributed by atoms with Crippen molar-refractivity contribution < 1.29 is 4.79 Å². The third kappa shape index (κ3) is 3.12. The highest BCUT2D eigenvalue weighted by Gasteiger charge is 2.12. The van der Waals surface area contributed by atoms with Gasteiger partial charge in [-0.1, -0.05) is 36.4 Å². The maximum Gasteiger partial charge on any atom is 0.269 e. The highest BCUT2D eigenvalue weighted by molar-refractivity contribution is 5.93. The zero-order valence-corrected chi connectivity index (χ0v) is 13.5. The van der Waals surface area contributed by atoms with Crippen molar-refractivity contribution in [3.63, 3.8) is 0 Å². The van der Waals surface area contributed by atoms with Crippen LogP contribution in [-0.2, 0) is 13.6 Å². The molecule has 6 heteroatoms. The zero-order chi connectivity index (χ0) is 17.1. The average Bonchev–Trinajstić information content (AvgIpc) is 3.10. The van der Waals surface area contributed by atoms with Crippen molar-refractivity contribution in [2.24, 2.45) is 7.05 Å². The molecule has 0 saturated heterocycles. The Morgan fingerprint density at radius 3 is 2.71 bits per heavy atom. The van der Waals surface area contributed by atoms with Crippen LogP contribution in [0.5, 0.6) is 0 Å². The van der Waals surface area contributed by atoms with Gasteiger partial charge in [-0.15, -0.1) is 0 Å². The second kappa shape index (κ2) is 6.54. The van der Waals surface area contributed by atoms with Crippen molar-refractivity contribution in [1.82, 2.24) is 20.1 Å². The van der Waals surface area contributed by atoms with Crippen molar-refractivity contribution in [1.29, 1.82) is 0 Å². The number of aromatic amines is 1. The number of aromatic nitrogens is 3. The summed E-state index contributed by atoms with van der Waals surface area (Å²) in [6.07, 6.45) is 0. The zero-order valence-electron chi connectivity index (χ0n) is 13.5. The van der Waals surface area contributed by atoms with E-state index < -0.39 is 0 Å². The molecule has 0 atom stereocenters. The lowest BCUT2D eigenvalue weighted by molar-refractivity contribution is 0.0945. The topological polar surface area (TPSA) is 79.8 Å². The van der Waals surface area contributed by atoms with Crippen LogP contribution in [0.2, 0.25) is 0 Å². The molecule has 1 aromatic carbocycles. The van der Waals surface area contributed by atoms with Crippen molar-refractivity contribution in [3.8, 4) is 11.3 Å². The molecule has 1 amide bonds. The molecule has 2 heterocycles. The van der Waals surface area contributed by atoms with Gasteiger partial charge < -0.3 is 9.88 Å². The molecule has 0 aliphatic rings. The van der Waals surface area contributed by atoms with E-state index in [0.29, 0.717) is 17.0 Å². The van der Waals surface area contributed by atoms with Gasteiger partial charge in [-0.25, -0.2) is 0 Å². The van der Waals surface area contributed by atoms with Crippen molar-refractivity contribution in [2.75, 3.05) is 0 Å². The molecule has 0 saturated carbocycles. The minimum atomic E-state index is -0.299. The second-order valence-electron chi connectivity index (χ2n) is 5.58. The number of aryl methyl sites for hydroxylation is 1. The fourth-order valence-electron chi connectivity index (χ4n) is 2.38. The number of H-pyrrole nitrogens is 1. The van der Waals surface area contributed by atoms with E-state index in [1.54, 1.807) is 23.7 Å². The first kappa shape index (κ1) is 15.7. The van der Waals surface area contributed by atoms with Crippen LogP contribution in [-0.4, -0.2) is 20.7 Å². The van der Waals surface area contributed by atoms with E-state index in [4.69, 9.17) is 0 Å². The smallest absolute Gasteiger partial charge is 0.269 e. The molecule has 2 aromatic heterocycles. The molecule has 0 aliphatic carbocycles. The number of carbonyl (C=O) groups is 1. The fraction of sp³-hybridized carbons (Fsp3) is 0.167. The van der Waals surface area contributed by atoms with Crippen LogP contribution < -0.4 is 10.9 Å². The number of rotatable bonds is 4. The van der Waals surface area contributed by atoms with Crippen molar-refractivity contribution >= 4 is 5.91 Å². The number of nitrogens with one attached hydrogen (secondary N) is 2. The van der Waals surface area contributed by atoms with Crippen LogP contribution in [0, 0.1) is 6.92 Å². The lowest BCUT2D eigenvalue weighted by Gasteiger charge is -2.07. The van der Waals surface area contributed by atoms with Crippen molar-refractivity contribution in [2.45, 2.75) is 13.5 Å². The summed E-state index contributed by atoms with van der Waals surface area (Å²) in [6.45, 7) is 2.03. The molecule has 0 unspecified atom stereocenters. The average molecular weight is 322 g/mol. The van der Waals surface area contributed by atoms with Crippen LogP contribution >= 0.6 is 0 Å². The largest absolute Gasteiger partial charge is 0.346 e. The Balaban J connectivity index is 1.71. The first-order valence-electron chi connectivity index (χ1n) is 7.61. The molecule has 6 nitrogen and oxygen atoms in total. The lowest BCUT2D eigenvalue weighted by Crippen LogP contribution is -2.29. The van der Waals surface area contributed by atoms with Gasteiger partial charge in [0.05, 0.1) is 5.69 Å². The SMILES string of the molecule is Cc1ccc(CNC(=O)c2cc(-c3ccccc3)n[nH]2)c(=O)n1C. The maximum absolute atomic E-state index is 12.2. The van der Waals surface area contributed by atoms with Crippen LogP contribution in [0.4, 0.5) is 0 Å². The molecule has 122 valence electrons. The van der Waals surface area contributed by atoms with Gasteiger partial charge in [0.25, 0.3) is 11.5 Å². The lowest BCUT2D eigenvalue weighted by atomic mass is 10.1. The van der Waals surface area contributed by atoms with Crippen LogP contribution in [0.25, 0.3) is 11.3 Å². The van der Waals surface area contributed by atoms with Crippen molar-refractivity contribution in [3.05, 3.63) is 75.8 Å². The molecule has 0 spiro atoms. The quantitative estimate of drug-likeness (QED) is 0.771. The predicted octanol–water partition coefficient (Wildman–Crippen LogP) is 2.01. The first-order valence-corrected chi connectivity index (χ1v) is 7.61. The molecule has 0 bridgehead atoms. The van der Waals surface area contributed by atoms with Gasteiger partial charge in [0.2, 0.25) is 0 Å². The molecule has 24 heavy (non-hydrogen) atoms. The molecule has 3 aromatic rings. The second-order valence-corrected chi connectivity index (χ2v) is 5.58. The maximum atomic E-state index is 12.2. The van der Waals surface area contributed by atoms with E-state index >= 15 is 0 Å². The summed E-state index contributed by atoms with van der Waals surface area (Å²) in [6, 6.07) is 14.9. The molecule has 0 aliphatic heterocycles. The number of benzene rings is 1. The number of pyridine rings is 1. The van der Waals surface area contributed by atoms with E-state index in [2.05, 4.69) is 15.5 Å². The Bertz CT molecular complexity index is 926. The number of hydrogen-bond acceptors (Lipinski definition) is 3. The Kier molecular flexibility index (Phi) is 4.29. The summed E-state index contributed by atoms with van der Waals surface area (Å²) < 4.78 is 1.56. The summed E-state index contributed by atoms with van der Waals surface area (Å²) in [5, 5.41) is 9.63. The molecular formula is C18H18N4O2. The third-order valence-electron chi connectivity index (χ3n) is 3.97. The van der Waals surface area contributed by atoms with E-state index in [-0.39, 0.29) is 18.0 Å². The highest BCUT2D eigenvalue weighted by atomic mass is 16.2. The number of hydrogen-bond donors (Lipinski definition) is 2. The first-order chi connectivity index (χ1) is 11.6. The van der Waals surface area contributed by atoms with Gasteiger partial charge >= 0.3 is 0 Å². The summed E-state index contributed by atoms with van der Waals surface area (Å²) >= 11 is 0. The van der Waals surface area contributed by atoms with E-state index in [0.717, 1.165) is 11.3 Å². The molecular weight excluding hydrogens is 304 g/mol. The summed E-state index contributed by atoms with van der Waals surface area (Å²) in [7, 11) is 1.71. The van der Waals surface area contributed by atoms with Crippen LogP contribution in [0.15, 0.2) is 53.3 Å². The van der Waals surface area contributed by atoms with Crippen LogP contribution in [0.3, 0.4) is 0 Å². The van der Waals surface area contributed by atoms with E-state index in [1.165, 1.54) is 0 Å². The summed E-state index contributed by atoms with van der Waals surface area (Å²) in [5.41, 5.74) is 3.30. The van der Waals surface area contributed by atoms with Gasteiger partial charge in [0, 0.05) is 30.4 Å². The number of carbonyl (C=O) groups excluding carboxylic acids is 1. The van der Waals surface area contributed by atoms with E-state index in [1.807, 2.05) is 43.3 Å². The molecule has 2 N–H and O–H groups in total. The summed E-state index contributed by atoms with van der Waals surface area (Å²) in [5.74, 6) is -0.299. The molecule has 0 radical (unpaired) electrons.